The first kappa shape index (κ1) is 41.1. The van der Waals surface area contributed by atoms with Gasteiger partial charge in [-0.3, -0.25) is 34.2 Å². The van der Waals surface area contributed by atoms with Gasteiger partial charge < -0.3 is 15.2 Å². The van der Waals surface area contributed by atoms with Crippen LogP contribution in [0.15, 0.2) is 54.9 Å². The lowest BCUT2D eigenvalue weighted by atomic mass is 9.88. The number of methoxy groups -OCH3 is 1. The van der Waals surface area contributed by atoms with Gasteiger partial charge in [0.05, 0.1) is 48.0 Å². The lowest BCUT2D eigenvalue weighted by molar-refractivity contribution is -0.134. The van der Waals surface area contributed by atoms with Gasteiger partial charge in [0, 0.05) is 80.2 Å². The van der Waals surface area contributed by atoms with Crippen LogP contribution in [-0.2, 0) is 26.3 Å². The number of carbonyl (C=O) groups is 3. The molecule has 3 fully saturated rings. The molecule has 1 saturated carbocycles. The van der Waals surface area contributed by atoms with Gasteiger partial charge in [-0.1, -0.05) is 0 Å². The fraction of sp³-hybridized carbons (Fsp3) is 0.455. The zero-order chi connectivity index (χ0) is 42.3. The van der Waals surface area contributed by atoms with Crippen molar-refractivity contribution in [3.05, 3.63) is 100 Å². The van der Waals surface area contributed by atoms with Crippen LogP contribution in [-0.4, -0.2) is 104 Å². The summed E-state index contributed by atoms with van der Waals surface area (Å²) in [7, 11) is 1.69. The van der Waals surface area contributed by atoms with E-state index >= 15 is 8.78 Å². The van der Waals surface area contributed by atoms with Gasteiger partial charge in [-0.2, -0.15) is 10.2 Å². The number of hydrogen-bond acceptors (Lipinski definition) is 9. The van der Waals surface area contributed by atoms with Crippen LogP contribution in [0.5, 0.6) is 0 Å². The van der Waals surface area contributed by atoms with Crippen LogP contribution in [0, 0.1) is 18.2 Å². The number of piperazine rings is 1. The second kappa shape index (κ2) is 16.8. The molecule has 3 amide bonds. The fourth-order valence-corrected chi connectivity index (χ4v) is 9.23. The standard InChI is InChI=1S/C44H49F2N9O5/c1-44(2,59)34-21-37-27(19-38(34)49-43(58)39-11-9-31-20-28(47-3)22-48-55(31)39)23-54(51-37)30-7-5-29(6-8-30)53-16-15-52(32(24-53)25-60-4)14-13-26-17-35(45)41(36(46)18-26)33-10-12-40(56)50-42(33)57/h9,11,17-23,29-30,32-33,59H,5-8,10,12-16,24-25H2,1-2,4H3,(H,49,58)(H,50,56,57)/t29?,30?,32-,33-/m1/s1. The molecule has 2 saturated heterocycles. The molecule has 2 atom stereocenters. The van der Waals surface area contributed by atoms with Crippen molar-refractivity contribution in [2.45, 2.75) is 88.4 Å². The van der Waals surface area contributed by atoms with Gasteiger partial charge in [0.15, 0.2) is 0 Å². The number of rotatable bonds is 11. The van der Waals surface area contributed by atoms with E-state index in [-0.39, 0.29) is 30.5 Å². The molecular weight excluding hydrogens is 773 g/mol. The van der Waals surface area contributed by atoms with Crippen LogP contribution < -0.4 is 10.6 Å². The Morgan fingerprint density at radius 2 is 1.80 bits per heavy atom. The quantitative estimate of drug-likeness (QED) is 0.110. The first-order valence-electron chi connectivity index (χ1n) is 20.5. The average molecular weight is 822 g/mol. The topological polar surface area (TPSA) is 151 Å². The third-order valence-corrected chi connectivity index (χ3v) is 12.4. The van der Waals surface area contributed by atoms with Gasteiger partial charge in [0.2, 0.25) is 17.5 Å². The maximum Gasteiger partial charge on any atom is 0.274 e. The van der Waals surface area contributed by atoms with Crippen molar-refractivity contribution < 1.29 is 33.0 Å². The summed E-state index contributed by atoms with van der Waals surface area (Å²) < 4.78 is 39.6. The predicted molar refractivity (Wildman–Crippen MR) is 220 cm³/mol. The summed E-state index contributed by atoms with van der Waals surface area (Å²) in [5.41, 5.74) is 2.01. The summed E-state index contributed by atoms with van der Waals surface area (Å²) in [5, 5.41) is 26.4. The number of imide groups is 1. The van der Waals surface area contributed by atoms with Crippen LogP contribution >= 0.6 is 0 Å². The Morgan fingerprint density at radius 1 is 1.05 bits per heavy atom. The number of amides is 3. The molecule has 16 heteroatoms. The van der Waals surface area contributed by atoms with Gasteiger partial charge in [0.1, 0.15) is 17.3 Å². The highest BCUT2D eigenvalue weighted by molar-refractivity contribution is 6.05. The van der Waals surface area contributed by atoms with E-state index < -0.39 is 40.9 Å². The second-order valence-corrected chi connectivity index (χ2v) is 16.8. The first-order valence-corrected chi connectivity index (χ1v) is 20.5. The summed E-state index contributed by atoms with van der Waals surface area (Å²) in [5.74, 6) is -4.04. The molecule has 0 radical (unpaired) electrons. The molecule has 3 aromatic heterocycles. The molecular formula is C44H49F2N9O5. The molecule has 3 N–H and O–H groups in total. The minimum Gasteiger partial charge on any atom is -0.386 e. The number of anilines is 1. The summed E-state index contributed by atoms with van der Waals surface area (Å²) in [6.45, 7) is 14.2. The molecule has 0 spiro atoms. The molecule has 3 aliphatic rings. The molecule has 2 aliphatic heterocycles. The number of nitrogens with one attached hydrogen (secondary N) is 2. The molecule has 1 aliphatic carbocycles. The minimum absolute atomic E-state index is 0.0462. The number of benzene rings is 2. The van der Waals surface area contributed by atoms with Crippen LogP contribution in [0.3, 0.4) is 0 Å². The lowest BCUT2D eigenvalue weighted by Crippen LogP contribution is -2.58. The Morgan fingerprint density at radius 3 is 2.50 bits per heavy atom. The van der Waals surface area contributed by atoms with Crippen LogP contribution in [0.1, 0.15) is 91.5 Å². The molecule has 60 heavy (non-hydrogen) atoms. The number of aromatic nitrogens is 4. The molecule has 314 valence electrons. The Balaban J connectivity index is 0.892. The zero-order valence-corrected chi connectivity index (χ0v) is 34.0. The Bertz CT molecular complexity index is 2470. The van der Waals surface area contributed by atoms with E-state index in [0.29, 0.717) is 59.3 Å². The van der Waals surface area contributed by atoms with E-state index in [0.717, 1.165) is 56.2 Å². The van der Waals surface area contributed by atoms with E-state index in [1.54, 1.807) is 39.2 Å². The SMILES string of the molecule is [C-]#[N+]c1cnn2c(C(=O)Nc3cc4cn(C5CCC(N6CCN(CCc7cc(F)c([C@H]8CCC(=O)NC8=O)c(F)c7)[C@@H](COC)C6)CC5)nc4cc3C(C)(C)O)ccc2c1. The van der Waals surface area contributed by atoms with E-state index in [1.165, 1.54) is 22.8 Å². The number of nitrogens with zero attached hydrogens (tertiary/aromatic N) is 7. The lowest BCUT2D eigenvalue weighted by Gasteiger charge is -2.46. The number of hydrogen-bond donors (Lipinski definition) is 3. The van der Waals surface area contributed by atoms with Crippen molar-refractivity contribution in [3.8, 4) is 0 Å². The summed E-state index contributed by atoms with van der Waals surface area (Å²) in [6, 6.07) is 12.1. The summed E-state index contributed by atoms with van der Waals surface area (Å²) in [6.07, 6.45) is 7.85. The Hall–Kier alpha value is -5.60. The number of carbonyl (C=O) groups excluding carboxylic acids is 3. The Kier molecular flexibility index (Phi) is 11.5. The molecule has 8 rings (SSSR count). The number of aliphatic hydroxyl groups is 1. The van der Waals surface area contributed by atoms with Crippen LogP contribution in [0.4, 0.5) is 20.2 Å². The van der Waals surface area contributed by atoms with Gasteiger partial charge in [-0.25, -0.2) is 18.1 Å². The van der Waals surface area contributed by atoms with Crippen molar-refractivity contribution in [3.63, 3.8) is 0 Å². The molecule has 0 bridgehead atoms. The first-order chi connectivity index (χ1) is 28.8. The molecule has 2 aromatic carbocycles. The maximum atomic E-state index is 15.2. The van der Waals surface area contributed by atoms with Crippen molar-refractivity contribution in [1.82, 2.24) is 34.5 Å². The molecule has 14 nitrogen and oxygen atoms in total. The second-order valence-electron chi connectivity index (χ2n) is 16.8. The maximum absolute atomic E-state index is 15.2. The van der Waals surface area contributed by atoms with Crippen molar-refractivity contribution in [2.24, 2.45) is 0 Å². The smallest absolute Gasteiger partial charge is 0.274 e. The highest BCUT2D eigenvalue weighted by Gasteiger charge is 2.35. The third-order valence-electron chi connectivity index (χ3n) is 12.4. The van der Waals surface area contributed by atoms with E-state index in [1.807, 2.05) is 23.0 Å². The normalized spacial score (nSPS) is 21.9. The van der Waals surface area contributed by atoms with E-state index in [2.05, 4.69) is 30.4 Å². The summed E-state index contributed by atoms with van der Waals surface area (Å²) >= 11 is 0. The highest BCUT2D eigenvalue weighted by Crippen LogP contribution is 2.36. The van der Waals surface area contributed by atoms with E-state index in [9.17, 15) is 19.5 Å². The van der Waals surface area contributed by atoms with Crippen LogP contribution in [0.2, 0.25) is 0 Å². The minimum atomic E-state index is -1.27. The largest absolute Gasteiger partial charge is 0.386 e. The monoisotopic (exact) mass is 821 g/mol. The van der Waals surface area contributed by atoms with Crippen molar-refractivity contribution >= 4 is 45.5 Å². The van der Waals surface area contributed by atoms with E-state index in [4.69, 9.17) is 16.4 Å². The molecule has 5 heterocycles. The van der Waals surface area contributed by atoms with Gasteiger partial charge >= 0.3 is 0 Å². The number of piperidine rings is 1. The van der Waals surface area contributed by atoms with Crippen molar-refractivity contribution in [2.75, 3.05) is 45.2 Å². The van der Waals surface area contributed by atoms with Crippen molar-refractivity contribution in [1.29, 1.82) is 0 Å². The number of halogens is 2. The third kappa shape index (κ3) is 8.40. The molecule has 5 aromatic rings. The molecule has 0 unspecified atom stereocenters. The highest BCUT2D eigenvalue weighted by atomic mass is 19.1. The zero-order valence-electron chi connectivity index (χ0n) is 34.0. The van der Waals surface area contributed by atoms with Gasteiger partial charge in [0.25, 0.3) is 5.91 Å². The van der Waals surface area contributed by atoms with Gasteiger partial charge in [-0.05, 0) is 100 Å². The fourth-order valence-electron chi connectivity index (χ4n) is 9.23. The van der Waals surface area contributed by atoms with Gasteiger partial charge in [-0.15, -0.1) is 0 Å². The number of fused-ring (bicyclic) bond motifs is 2. The average Bonchev–Trinajstić information content (AvgIpc) is 3.84. The number of ether oxygens (including phenoxy) is 1. The summed E-state index contributed by atoms with van der Waals surface area (Å²) in [4.78, 5) is 45.7. The Labute approximate surface area is 346 Å². The van der Waals surface area contributed by atoms with Crippen LogP contribution in [0.25, 0.3) is 21.3 Å². The predicted octanol–water partition coefficient (Wildman–Crippen LogP) is 5.87.